The first-order valence-corrected chi connectivity index (χ1v) is 7.01. The highest BCUT2D eigenvalue weighted by Gasteiger charge is 2.28. The number of carbonyl (C=O) groups is 1. The summed E-state index contributed by atoms with van der Waals surface area (Å²) in [6.45, 7) is 8.96. The molecule has 1 atom stereocenters. The van der Waals surface area contributed by atoms with Crippen LogP contribution in [0.25, 0.3) is 0 Å². The lowest BCUT2D eigenvalue weighted by Crippen LogP contribution is -2.46. The first-order valence-electron chi connectivity index (χ1n) is 6.03. The topological polar surface area (TPSA) is 50.7 Å². The van der Waals surface area contributed by atoms with Gasteiger partial charge in [-0.1, -0.05) is 32.5 Å². The van der Waals surface area contributed by atoms with E-state index in [9.17, 15) is 4.79 Å². The third-order valence-corrected chi connectivity index (χ3v) is 3.61. The zero-order valence-corrected chi connectivity index (χ0v) is 11.9. The van der Waals surface area contributed by atoms with Crippen molar-refractivity contribution in [3.63, 3.8) is 0 Å². The molecule has 1 heterocycles. The number of nitrogens with one attached hydrogen (secondary N) is 1. The van der Waals surface area contributed by atoms with Crippen LogP contribution in [0.1, 0.15) is 34.1 Å². The minimum absolute atomic E-state index is 0.111. The molecule has 0 aliphatic carbocycles. The monoisotopic (exact) mass is 258 g/mol. The Hall–Kier alpha value is -0.710. The molecule has 0 spiro atoms. The van der Waals surface area contributed by atoms with E-state index >= 15 is 0 Å². The molecule has 17 heavy (non-hydrogen) atoms. The Kier molecular flexibility index (Phi) is 5.31. The zero-order valence-electron chi connectivity index (χ0n) is 11.1. The molecule has 0 aromatic rings. The van der Waals surface area contributed by atoms with Crippen molar-refractivity contribution in [1.82, 2.24) is 5.32 Å². The van der Waals surface area contributed by atoms with Crippen molar-refractivity contribution in [3.05, 3.63) is 0 Å². The Balaban J connectivity index is 2.49. The second kappa shape index (κ2) is 6.28. The van der Waals surface area contributed by atoms with Crippen molar-refractivity contribution >= 4 is 22.9 Å². The van der Waals surface area contributed by atoms with Crippen LogP contribution in [0.2, 0.25) is 0 Å². The minimum Gasteiger partial charge on any atom is -0.465 e. The van der Waals surface area contributed by atoms with Gasteiger partial charge in [0.25, 0.3) is 0 Å². The summed E-state index contributed by atoms with van der Waals surface area (Å²) in [4.78, 5) is 15.5. The maximum Gasteiger partial charge on any atom is 0.327 e. The number of aliphatic imine (C=N–C) groups is 1. The number of thioether (sulfide) groups is 1. The van der Waals surface area contributed by atoms with Crippen LogP contribution in [0.5, 0.6) is 0 Å². The van der Waals surface area contributed by atoms with Crippen molar-refractivity contribution in [2.24, 2.45) is 10.4 Å². The summed E-state index contributed by atoms with van der Waals surface area (Å²) < 4.78 is 4.84. The van der Waals surface area contributed by atoms with Crippen LogP contribution in [-0.4, -0.2) is 36.1 Å². The van der Waals surface area contributed by atoms with E-state index < -0.39 is 0 Å². The molecular formula is C12H22N2O2S. The Morgan fingerprint density at radius 1 is 1.59 bits per heavy atom. The Bertz CT molecular complexity index is 297. The van der Waals surface area contributed by atoms with E-state index in [1.165, 1.54) is 0 Å². The average molecular weight is 258 g/mol. The van der Waals surface area contributed by atoms with Crippen LogP contribution in [0.3, 0.4) is 0 Å². The quantitative estimate of drug-likeness (QED) is 0.787. The van der Waals surface area contributed by atoms with Gasteiger partial charge in [-0.25, -0.2) is 0 Å². The van der Waals surface area contributed by atoms with Crippen molar-refractivity contribution in [2.45, 2.75) is 40.2 Å². The van der Waals surface area contributed by atoms with Gasteiger partial charge in [0.15, 0.2) is 5.17 Å². The molecule has 1 saturated heterocycles. The molecule has 1 fully saturated rings. The normalized spacial score (nSPS) is 23.3. The number of rotatable bonds is 3. The van der Waals surface area contributed by atoms with Gasteiger partial charge in [0.2, 0.25) is 0 Å². The molecule has 1 rings (SSSR count). The Morgan fingerprint density at radius 3 is 2.88 bits per heavy atom. The van der Waals surface area contributed by atoms with Crippen molar-refractivity contribution < 1.29 is 9.53 Å². The summed E-state index contributed by atoms with van der Waals surface area (Å²) in [5.41, 5.74) is 0.214. The van der Waals surface area contributed by atoms with Crippen molar-refractivity contribution in [3.8, 4) is 0 Å². The summed E-state index contributed by atoms with van der Waals surface area (Å²) in [6, 6.07) is 0.421. The molecule has 0 radical (unpaired) electrons. The largest absolute Gasteiger partial charge is 0.465 e. The SMILES string of the molecule is CCOC(=O)CN=C1NC(C(C)(C)C)CCS1. The van der Waals surface area contributed by atoms with E-state index in [4.69, 9.17) is 4.74 Å². The van der Waals surface area contributed by atoms with E-state index in [0.29, 0.717) is 12.6 Å². The molecule has 4 nitrogen and oxygen atoms in total. The van der Waals surface area contributed by atoms with Crippen LogP contribution >= 0.6 is 11.8 Å². The van der Waals surface area contributed by atoms with E-state index in [-0.39, 0.29) is 17.9 Å². The molecule has 0 amide bonds. The molecule has 1 aliphatic heterocycles. The second-order valence-electron chi connectivity index (χ2n) is 5.13. The zero-order chi connectivity index (χ0) is 12.9. The lowest BCUT2D eigenvalue weighted by Gasteiger charge is -2.35. The van der Waals surface area contributed by atoms with Gasteiger partial charge >= 0.3 is 5.97 Å². The third-order valence-electron chi connectivity index (χ3n) is 2.65. The Morgan fingerprint density at radius 2 is 2.29 bits per heavy atom. The molecule has 0 bridgehead atoms. The summed E-state index contributed by atoms with van der Waals surface area (Å²) in [5.74, 6) is 0.789. The smallest absolute Gasteiger partial charge is 0.327 e. The van der Waals surface area contributed by atoms with E-state index in [0.717, 1.165) is 17.3 Å². The van der Waals surface area contributed by atoms with E-state index in [1.807, 2.05) is 0 Å². The predicted molar refractivity (Wildman–Crippen MR) is 72.4 cm³/mol. The number of hydrogen-bond acceptors (Lipinski definition) is 4. The van der Waals surface area contributed by atoms with Crippen LogP contribution < -0.4 is 5.32 Å². The fraction of sp³-hybridized carbons (Fsp3) is 0.833. The van der Waals surface area contributed by atoms with Gasteiger partial charge in [-0.2, -0.15) is 0 Å². The fourth-order valence-electron chi connectivity index (χ4n) is 1.62. The highest BCUT2D eigenvalue weighted by molar-refractivity contribution is 8.13. The molecule has 5 heteroatoms. The molecule has 0 aromatic heterocycles. The number of esters is 1. The van der Waals surface area contributed by atoms with Crippen LogP contribution in [0, 0.1) is 5.41 Å². The lowest BCUT2D eigenvalue weighted by molar-refractivity contribution is -0.141. The minimum atomic E-state index is -0.264. The van der Waals surface area contributed by atoms with Gasteiger partial charge in [-0.05, 0) is 18.8 Å². The van der Waals surface area contributed by atoms with Crippen LogP contribution in [-0.2, 0) is 9.53 Å². The molecule has 0 saturated carbocycles. The van der Waals surface area contributed by atoms with Crippen molar-refractivity contribution in [1.29, 1.82) is 0 Å². The maximum atomic E-state index is 11.2. The van der Waals surface area contributed by atoms with Gasteiger partial charge in [0.1, 0.15) is 6.54 Å². The van der Waals surface area contributed by atoms with E-state index in [1.54, 1.807) is 18.7 Å². The maximum absolute atomic E-state index is 11.2. The standard InChI is InChI=1S/C12H22N2O2S/c1-5-16-10(15)8-13-11-14-9(6-7-17-11)12(2,3)4/h9H,5-8H2,1-4H3,(H,13,14). The van der Waals surface area contributed by atoms with Gasteiger partial charge < -0.3 is 10.1 Å². The molecule has 0 aromatic carbocycles. The fourth-order valence-corrected chi connectivity index (χ4v) is 2.55. The number of nitrogens with zero attached hydrogens (tertiary/aromatic N) is 1. The summed E-state index contributed by atoms with van der Waals surface area (Å²) in [6.07, 6.45) is 1.13. The highest BCUT2D eigenvalue weighted by Crippen LogP contribution is 2.27. The molecule has 98 valence electrons. The van der Waals surface area contributed by atoms with Gasteiger partial charge in [-0.15, -0.1) is 0 Å². The Labute approximate surface area is 108 Å². The van der Waals surface area contributed by atoms with E-state index in [2.05, 4.69) is 31.1 Å². The highest BCUT2D eigenvalue weighted by atomic mass is 32.2. The predicted octanol–water partition coefficient (Wildman–Crippen LogP) is 2.05. The second-order valence-corrected chi connectivity index (χ2v) is 6.21. The van der Waals surface area contributed by atoms with Crippen LogP contribution in [0.4, 0.5) is 0 Å². The summed E-state index contributed by atoms with van der Waals surface area (Å²) in [5, 5.41) is 4.26. The number of ether oxygens (including phenoxy) is 1. The van der Waals surface area contributed by atoms with Gasteiger partial charge in [0.05, 0.1) is 6.61 Å². The molecule has 1 N–H and O–H groups in total. The lowest BCUT2D eigenvalue weighted by atomic mass is 9.85. The third kappa shape index (κ3) is 4.98. The van der Waals surface area contributed by atoms with Gasteiger partial charge in [-0.3, -0.25) is 9.79 Å². The average Bonchev–Trinajstić information content (AvgIpc) is 2.26. The molecule has 1 aliphatic rings. The molecule has 1 unspecified atom stereocenters. The van der Waals surface area contributed by atoms with Gasteiger partial charge in [0, 0.05) is 11.8 Å². The van der Waals surface area contributed by atoms with Crippen molar-refractivity contribution in [2.75, 3.05) is 18.9 Å². The first-order chi connectivity index (χ1) is 7.93. The summed E-state index contributed by atoms with van der Waals surface area (Å²) in [7, 11) is 0. The number of amidine groups is 1. The van der Waals surface area contributed by atoms with Crippen LogP contribution in [0.15, 0.2) is 4.99 Å². The first kappa shape index (κ1) is 14.4. The number of hydrogen-bond donors (Lipinski definition) is 1. The number of carbonyl (C=O) groups excluding carboxylic acids is 1. The summed E-state index contributed by atoms with van der Waals surface area (Å²) >= 11 is 1.67. The molecular weight excluding hydrogens is 236 g/mol.